The molecule has 1 heterocycles. The number of hydrogen-bond donors (Lipinski definition) is 2. The van der Waals surface area contributed by atoms with Crippen LogP contribution in [0.2, 0.25) is 0 Å². The van der Waals surface area contributed by atoms with Crippen LogP contribution in [0.25, 0.3) is 0 Å². The molecule has 3 heteroatoms. The summed E-state index contributed by atoms with van der Waals surface area (Å²) in [6, 6.07) is 0. The Hall–Kier alpha value is -0.120. The summed E-state index contributed by atoms with van der Waals surface area (Å²) in [5.74, 6) is 1.33. The Labute approximate surface area is 99.0 Å². The topological polar surface area (TPSA) is 49.5 Å². The first kappa shape index (κ1) is 12.3. The average molecular weight is 226 g/mol. The molecule has 2 atom stereocenters. The highest BCUT2D eigenvalue weighted by molar-refractivity contribution is 4.98. The fourth-order valence-electron chi connectivity index (χ4n) is 3.07. The lowest BCUT2D eigenvalue weighted by atomic mass is 9.97. The molecule has 2 fully saturated rings. The molecule has 0 amide bonds. The quantitative estimate of drug-likeness (QED) is 0.715. The van der Waals surface area contributed by atoms with E-state index in [1.165, 1.54) is 38.6 Å². The molecule has 2 rings (SSSR count). The molecule has 0 aromatic heterocycles. The molecular formula is C13H26N2O. The van der Waals surface area contributed by atoms with Crippen molar-refractivity contribution in [1.82, 2.24) is 4.90 Å². The predicted molar refractivity (Wildman–Crippen MR) is 66.2 cm³/mol. The third kappa shape index (κ3) is 2.76. The van der Waals surface area contributed by atoms with E-state index in [0.29, 0.717) is 12.5 Å². The molecule has 0 aromatic rings. The van der Waals surface area contributed by atoms with Crippen molar-refractivity contribution in [3.05, 3.63) is 0 Å². The van der Waals surface area contributed by atoms with Gasteiger partial charge in [-0.05, 0) is 44.1 Å². The SMILES string of the molecule is CCCC1CCN(CC(O)(CN)C2CC2)C1. The molecule has 0 spiro atoms. The van der Waals surface area contributed by atoms with Gasteiger partial charge >= 0.3 is 0 Å². The Balaban J connectivity index is 1.81. The lowest BCUT2D eigenvalue weighted by molar-refractivity contribution is -0.00352. The van der Waals surface area contributed by atoms with E-state index in [0.717, 1.165) is 19.0 Å². The van der Waals surface area contributed by atoms with E-state index in [1.807, 2.05) is 0 Å². The van der Waals surface area contributed by atoms with Gasteiger partial charge < -0.3 is 15.7 Å². The predicted octanol–water partition coefficient (Wildman–Crippen LogP) is 1.21. The van der Waals surface area contributed by atoms with Crippen molar-refractivity contribution in [3.8, 4) is 0 Å². The molecular weight excluding hydrogens is 200 g/mol. The number of hydrogen-bond acceptors (Lipinski definition) is 3. The van der Waals surface area contributed by atoms with E-state index in [1.54, 1.807) is 0 Å². The number of β-amino-alcohol motifs (C(OH)–C–C–N with tert-alkyl or cyclic N) is 1. The van der Waals surface area contributed by atoms with Gasteiger partial charge in [0.1, 0.15) is 0 Å². The van der Waals surface area contributed by atoms with Gasteiger partial charge in [0, 0.05) is 19.6 Å². The van der Waals surface area contributed by atoms with Crippen LogP contribution < -0.4 is 5.73 Å². The molecule has 1 aliphatic heterocycles. The number of aliphatic hydroxyl groups is 1. The fraction of sp³-hybridized carbons (Fsp3) is 1.00. The maximum absolute atomic E-state index is 10.5. The molecule has 94 valence electrons. The first-order valence-corrected chi connectivity index (χ1v) is 6.82. The summed E-state index contributed by atoms with van der Waals surface area (Å²) in [6.45, 7) is 5.80. The summed E-state index contributed by atoms with van der Waals surface area (Å²) >= 11 is 0. The first-order chi connectivity index (χ1) is 7.68. The van der Waals surface area contributed by atoms with Gasteiger partial charge in [0.05, 0.1) is 5.60 Å². The minimum absolute atomic E-state index is 0.423. The van der Waals surface area contributed by atoms with Crippen LogP contribution in [0.15, 0.2) is 0 Å². The van der Waals surface area contributed by atoms with Crippen LogP contribution in [0.3, 0.4) is 0 Å². The van der Waals surface area contributed by atoms with Crippen LogP contribution in [0.1, 0.15) is 39.0 Å². The summed E-state index contributed by atoms with van der Waals surface area (Å²) in [7, 11) is 0. The zero-order chi connectivity index (χ0) is 11.6. The first-order valence-electron chi connectivity index (χ1n) is 6.82. The van der Waals surface area contributed by atoms with Gasteiger partial charge in [0.25, 0.3) is 0 Å². The van der Waals surface area contributed by atoms with Gasteiger partial charge in [0.15, 0.2) is 0 Å². The van der Waals surface area contributed by atoms with Gasteiger partial charge in [0.2, 0.25) is 0 Å². The number of nitrogens with two attached hydrogens (primary N) is 1. The standard InChI is InChI=1S/C13H26N2O/c1-2-3-11-6-7-15(8-11)10-13(16,9-14)12-4-5-12/h11-12,16H,2-10,14H2,1H3. The maximum Gasteiger partial charge on any atom is 0.0923 e. The lowest BCUT2D eigenvalue weighted by Crippen LogP contribution is -2.49. The molecule has 3 N–H and O–H groups in total. The van der Waals surface area contributed by atoms with E-state index >= 15 is 0 Å². The summed E-state index contributed by atoms with van der Waals surface area (Å²) in [4.78, 5) is 2.42. The summed E-state index contributed by atoms with van der Waals surface area (Å²) in [5.41, 5.74) is 5.15. The Morgan fingerprint density at radius 3 is 2.69 bits per heavy atom. The van der Waals surface area contributed by atoms with Crippen molar-refractivity contribution in [2.45, 2.75) is 44.6 Å². The monoisotopic (exact) mass is 226 g/mol. The largest absolute Gasteiger partial charge is 0.387 e. The summed E-state index contributed by atoms with van der Waals surface area (Å²) in [6.07, 6.45) is 6.25. The highest BCUT2D eigenvalue weighted by atomic mass is 16.3. The Morgan fingerprint density at radius 1 is 1.38 bits per heavy atom. The maximum atomic E-state index is 10.5. The molecule has 2 aliphatic rings. The van der Waals surface area contributed by atoms with Crippen molar-refractivity contribution in [2.75, 3.05) is 26.2 Å². The van der Waals surface area contributed by atoms with Gasteiger partial charge in [-0.2, -0.15) is 0 Å². The number of likely N-dealkylation sites (tertiary alicyclic amines) is 1. The van der Waals surface area contributed by atoms with Crippen LogP contribution in [-0.2, 0) is 0 Å². The van der Waals surface area contributed by atoms with E-state index in [-0.39, 0.29) is 0 Å². The summed E-state index contributed by atoms with van der Waals surface area (Å²) < 4.78 is 0. The van der Waals surface area contributed by atoms with Crippen molar-refractivity contribution in [3.63, 3.8) is 0 Å². The molecule has 2 unspecified atom stereocenters. The van der Waals surface area contributed by atoms with Crippen molar-refractivity contribution >= 4 is 0 Å². The molecule has 0 bridgehead atoms. The van der Waals surface area contributed by atoms with Gasteiger partial charge in [-0.25, -0.2) is 0 Å². The van der Waals surface area contributed by atoms with Gasteiger partial charge in [-0.15, -0.1) is 0 Å². The van der Waals surface area contributed by atoms with E-state index < -0.39 is 5.60 Å². The van der Waals surface area contributed by atoms with Crippen LogP contribution >= 0.6 is 0 Å². The van der Waals surface area contributed by atoms with Crippen molar-refractivity contribution < 1.29 is 5.11 Å². The Bertz CT molecular complexity index is 230. The fourth-order valence-corrected chi connectivity index (χ4v) is 3.07. The lowest BCUT2D eigenvalue weighted by Gasteiger charge is -2.31. The van der Waals surface area contributed by atoms with Crippen molar-refractivity contribution in [2.24, 2.45) is 17.6 Å². The third-order valence-electron chi connectivity index (χ3n) is 4.26. The molecule has 0 radical (unpaired) electrons. The van der Waals surface area contributed by atoms with Gasteiger partial charge in [-0.3, -0.25) is 0 Å². The number of rotatable bonds is 6. The highest BCUT2D eigenvalue weighted by Crippen LogP contribution is 2.40. The average Bonchev–Trinajstić information content (AvgIpc) is 3.04. The van der Waals surface area contributed by atoms with Crippen LogP contribution in [0.4, 0.5) is 0 Å². The van der Waals surface area contributed by atoms with Crippen LogP contribution in [0, 0.1) is 11.8 Å². The molecule has 16 heavy (non-hydrogen) atoms. The van der Waals surface area contributed by atoms with E-state index in [4.69, 9.17) is 5.73 Å². The summed E-state index contributed by atoms with van der Waals surface area (Å²) in [5, 5.41) is 10.5. The zero-order valence-electron chi connectivity index (χ0n) is 10.5. The van der Waals surface area contributed by atoms with Crippen LogP contribution in [-0.4, -0.2) is 41.8 Å². The molecule has 1 saturated carbocycles. The second-order valence-corrected chi connectivity index (χ2v) is 5.76. The molecule has 3 nitrogen and oxygen atoms in total. The Morgan fingerprint density at radius 2 is 2.12 bits per heavy atom. The minimum Gasteiger partial charge on any atom is -0.387 e. The smallest absolute Gasteiger partial charge is 0.0923 e. The zero-order valence-corrected chi connectivity index (χ0v) is 10.5. The second kappa shape index (κ2) is 5.03. The number of nitrogens with zero attached hydrogens (tertiary/aromatic N) is 1. The third-order valence-corrected chi connectivity index (χ3v) is 4.26. The molecule has 1 saturated heterocycles. The normalized spacial score (nSPS) is 30.6. The van der Waals surface area contributed by atoms with E-state index in [9.17, 15) is 5.11 Å². The second-order valence-electron chi connectivity index (χ2n) is 5.76. The Kier molecular flexibility index (Phi) is 3.88. The van der Waals surface area contributed by atoms with Crippen LogP contribution in [0.5, 0.6) is 0 Å². The molecule has 1 aliphatic carbocycles. The van der Waals surface area contributed by atoms with Gasteiger partial charge in [-0.1, -0.05) is 13.3 Å². The molecule has 0 aromatic carbocycles. The minimum atomic E-state index is -0.596. The highest BCUT2D eigenvalue weighted by Gasteiger charge is 2.44. The van der Waals surface area contributed by atoms with E-state index in [2.05, 4.69) is 11.8 Å². The van der Waals surface area contributed by atoms with Crippen molar-refractivity contribution in [1.29, 1.82) is 0 Å².